The van der Waals surface area contributed by atoms with Gasteiger partial charge in [0.1, 0.15) is 0 Å². The Morgan fingerprint density at radius 3 is 2.67 bits per heavy atom. The number of aryl methyl sites for hydroxylation is 1. The fourth-order valence-electron chi connectivity index (χ4n) is 1.98. The number of benzene rings is 1. The van der Waals surface area contributed by atoms with Gasteiger partial charge in [0.2, 0.25) is 5.91 Å². The Labute approximate surface area is 122 Å². The van der Waals surface area contributed by atoms with Gasteiger partial charge in [-0.2, -0.15) is 0 Å². The summed E-state index contributed by atoms with van der Waals surface area (Å²) in [5, 5.41) is 11.6. The number of carboxylic acid groups (broad SMARTS) is 1. The molecule has 108 valence electrons. The highest BCUT2D eigenvalue weighted by atomic mass is 16.4. The second-order valence-electron chi connectivity index (χ2n) is 4.64. The first-order chi connectivity index (χ1) is 10.1. The molecular weight excluding hydrogens is 268 g/mol. The molecule has 0 aliphatic rings. The second-order valence-corrected chi connectivity index (χ2v) is 4.64. The van der Waals surface area contributed by atoms with Gasteiger partial charge in [0, 0.05) is 24.5 Å². The number of anilines is 1. The topological polar surface area (TPSA) is 79.3 Å². The van der Waals surface area contributed by atoms with E-state index in [4.69, 9.17) is 5.11 Å². The van der Waals surface area contributed by atoms with E-state index in [0.717, 1.165) is 5.56 Å². The van der Waals surface area contributed by atoms with Gasteiger partial charge < -0.3 is 10.4 Å². The van der Waals surface area contributed by atoms with Crippen molar-refractivity contribution in [1.82, 2.24) is 4.98 Å². The molecule has 0 aliphatic heterocycles. The average molecular weight is 284 g/mol. The number of amides is 1. The summed E-state index contributed by atoms with van der Waals surface area (Å²) in [6.07, 6.45) is 4.23. The molecular formula is C16H16N2O3. The number of carbonyl (C=O) groups is 2. The molecule has 1 heterocycles. The molecule has 21 heavy (non-hydrogen) atoms. The van der Waals surface area contributed by atoms with E-state index in [9.17, 15) is 9.59 Å². The van der Waals surface area contributed by atoms with Crippen molar-refractivity contribution in [2.45, 2.75) is 19.3 Å². The first-order valence-corrected chi connectivity index (χ1v) is 6.63. The highest BCUT2D eigenvalue weighted by Crippen LogP contribution is 2.16. The van der Waals surface area contributed by atoms with E-state index in [1.54, 1.807) is 36.7 Å². The molecule has 2 rings (SSSR count). The standard InChI is InChI=1S/C16H16N2O3/c19-15(8-7-12-4-3-9-17-11-12)18-14-6-2-1-5-13(14)10-16(20)21/h1-6,9,11H,7-8,10H2,(H,18,19)(H,20,21). The Morgan fingerprint density at radius 2 is 1.95 bits per heavy atom. The van der Waals surface area contributed by atoms with Crippen LogP contribution in [-0.4, -0.2) is 22.0 Å². The fraction of sp³-hybridized carbons (Fsp3) is 0.188. The van der Waals surface area contributed by atoms with Crippen molar-refractivity contribution in [3.8, 4) is 0 Å². The monoisotopic (exact) mass is 284 g/mol. The molecule has 0 saturated carbocycles. The molecule has 0 saturated heterocycles. The van der Waals surface area contributed by atoms with Gasteiger partial charge in [0.15, 0.2) is 0 Å². The lowest BCUT2D eigenvalue weighted by molar-refractivity contribution is -0.136. The molecule has 0 spiro atoms. The second kappa shape index (κ2) is 7.19. The van der Waals surface area contributed by atoms with Crippen LogP contribution >= 0.6 is 0 Å². The molecule has 1 aromatic heterocycles. The molecule has 5 heteroatoms. The molecule has 0 aliphatic carbocycles. The first kappa shape index (κ1) is 14.7. The molecule has 0 radical (unpaired) electrons. The zero-order chi connectivity index (χ0) is 15.1. The largest absolute Gasteiger partial charge is 0.481 e. The maximum Gasteiger partial charge on any atom is 0.307 e. The number of hydrogen-bond donors (Lipinski definition) is 2. The van der Waals surface area contributed by atoms with Crippen LogP contribution in [0.1, 0.15) is 17.5 Å². The van der Waals surface area contributed by atoms with Gasteiger partial charge in [0.05, 0.1) is 6.42 Å². The third-order valence-electron chi connectivity index (χ3n) is 3.00. The van der Waals surface area contributed by atoms with Crippen LogP contribution in [0.15, 0.2) is 48.8 Å². The summed E-state index contributed by atoms with van der Waals surface area (Å²) >= 11 is 0. The van der Waals surface area contributed by atoms with Crippen LogP contribution in [0.5, 0.6) is 0 Å². The van der Waals surface area contributed by atoms with Crippen molar-refractivity contribution in [2.24, 2.45) is 0 Å². The minimum Gasteiger partial charge on any atom is -0.481 e. The Balaban J connectivity index is 1.95. The van der Waals surface area contributed by atoms with Gasteiger partial charge in [0.25, 0.3) is 0 Å². The van der Waals surface area contributed by atoms with Crippen molar-refractivity contribution >= 4 is 17.6 Å². The van der Waals surface area contributed by atoms with Crippen molar-refractivity contribution in [3.05, 3.63) is 59.9 Å². The van der Waals surface area contributed by atoms with Gasteiger partial charge in [-0.15, -0.1) is 0 Å². The lowest BCUT2D eigenvalue weighted by atomic mass is 10.1. The zero-order valence-electron chi connectivity index (χ0n) is 11.5. The fourth-order valence-corrected chi connectivity index (χ4v) is 1.98. The number of nitrogens with one attached hydrogen (secondary N) is 1. The van der Waals surface area contributed by atoms with Crippen molar-refractivity contribution < 1.29 is 14.7 Å². The SMILES string of the molecule is O=C(O)Cc1ccccc1NC(=O)CCc1cccnc1. The minimum absolute atomic E-state index is 0.112. The number of hydrogen-bond acceptors (Lipinski definition) is 3. The number of pyridine rings is 1. The highest BCUT2D eigenvalue weighted by Gasteiger charge is 2.09. The highest BCUT2D eigenvalue weighted by molar-refractivity contribution is 5.92. The van der Waals surface area contributed by atoms with Crippen LogP contribution < -0.4 is 5.32 Å². The van der Waals surface area contributed by atoms with E-state index < -0.39 is 5.97 Å². The van der Waals surface area contributed by atoms with E-state index in [-0.39, 0.29) is 12.3 Å². The Morgan fingerprint density at radius 1 is 1.14 bits per heavy atom. The van der Waals surface area contributed by atoms with Crippen LogP contribution in [0.25, 0.3) is 0 Å². The number of carboxylic acids is 1. The smallest absolute Gasteiger partial charge is 0.307 e. The zero-order valence-corrected chi connectivity index (χ0v) is 11.5. The molecule has 5 nitrogen and oxygen atoms in total. The minimum atomic E-state index is -0.924. The maximum atomic E-state index is 11.9. The van der Waals surface area contributed by atoms with Crippen LogP contribution in [-0.2, 0) is 22.4 Å². The van der Waals surface area contributed by atoms with Crippen LogP contribution in [0, 0.1) is 0 Å². The van der Waals surface area contributed by atoms with Gasteiger partial charge in [-0.1, -0.05) is 24.3 Å². The molecule has 0 fully saturated rings. The average Bonchev–Trinajstić information content (AvgIpc) is 2.48. The quantitative estimate of drug-likeness (QED) is 0.853. The summed E-state index contributed by atoms with van der Waals surface area (Å²) in [5.41, 5.74) is 2.14. The number of aromatic nitrogens is 1. The molecule has 0 bridgehead atoms. The normalized spacial score (nSPS) is 10.1. The third kappa shape index (κ3) is 4.72. The predicted molar refractivity (Wildman–Crippen MR) is 79.0 cm³/mol. The number of carbonyl (C=O) groups excluding carboxylic acids is 1. The van der Waals surface area contributed by atoms with Crippen molar-refractivity contribution in [2.75, 3.05) is 5.32 Å². The summed E-state index contributed by atoms with van der Waals surface area (Å²) < 4.78 is 0. The Hall–Kier alpha value is -2.69. The van der Waals surface area contributed by atoms with Gasteiger partial charge >= 0.3 is 5.97 Å². The van der Waals surface area contributed by atoms with E-state index >= 15 is 0 Å². The molecule has 2 aromatic rings. The van der Waals surface area contributed by atoms with Crippen LogP contribution in [0.3, 0.4) is 0 Å². The van der Waals surface area contributed by atoms with Gasteiger partial charge in [-0.3, -0.25) is 14.6 Å². The lowest BCUT2D eigenvalue weighted by Crippen LogP contribution is -2.14. The van der Waals surface area contributed by atoms with Crippen molar-refractivity contribution in [3.63, 3.8) is 0 Å². The lowest BCUT2D eigenvalue weighted by Gasteiger charge is -2.09. The number of para-hydroxylation sites is 1. The Kier molecular flexibility index (Phi) is 5.04. The maximum absolute atomic E-state index is 11.9. The summed E-state index contributed by atoms with van der Waals surface area (Å²) in [7, 11) is 0. The van der Waals surface area contributed by atoms with E-state index in [1.165, 1.54) is 0 Å². The first-order valence-electron chi connectivity index (χ1n) is 6.63. The predicted octanol–water partition coefficient (Wildman–Crippen LogP) is 2.28. The van der Waals surface area contributed by atoms with E-state index in [1.807, 2.05) is 12.1 Å². The van der Waals surface area contributed by atoms with Gasteiger partial charge in [-0.05, 0) is 29.7 Å². The van der Waals surface area contributed by atoms with E-state index in [0.29, 0.717) is 24.1 Å². The number of rotatable bonds is 6. The third-order valence-corrected chi connectivity index (χ3v) is 3.00. The van der Waals surface area contributed by atoms with Crippen molar-refractivity contribution in [1.29, 1.82) is 0 Å². The molecule has 0 atom stereocenters. The van der Waals surface area contributed by atoms with Gasteiger partial charge in [-0.25, -0.2) is 0 Å². The van der Waals surface area contributed by atoms with Crippen LogP contribution in [0.4, 0.5) is 5.69 Å². The summed E-state index contributed by atoms with van der Waals surface area (Å²) in [6, 6.07) is 10.7. The molecule has 2 N–H and O–H groups in total. The molecule has 1 amide bonds. The number of aliphatic carboxylic acids is 1. The number of nitrogens with zero attached hydrogens (tertiary/aromatic N) is 1. The van der Waals surface area contributed by atoms with E-state index in [2.05, 4.69) is 10.3 Å². The van der Waals surface area contributed by atoms with Crippen LogP contribution in [0.2, 0.25) is 0 Å². The molecule has 0 unspecified atom stereocenters. The summed E-state index contributed by atoms with van der Waals surface area (Å²) in [4.78, 5) is 26.7. The summed E-state index contributed by atoms with van der Waals surface area (Å²) in [6.45, 7) is 0. The summed E-state index contributed by atoms with van der Waals surface area (Å²) in [5.74, 6) is -1.07. The Bertz CT molecular complexity index is 626. The molecule has 1 aromatic carbocycles.